The molecule has 0 aliphatic carbocycles. The van der Waals surface area contributed by atoms with Crippen molar-refractivity contribution in [3.63, 3.8) is 0 Å². The van der Waals surface area contributed by atoms with Crippen molar-refractivity contribution < 1.29 is 19.0 Å². The molecule has 1 N–H and O–H groups in total. The molecule has 1 aliphatic rings. The van der Waals surface area contributed by atoms with Crippen LogP contribution in [0.4, 0.5) is 0 Å². The topological polar surface area (TPSA) is 69.7 Å². The van der Waals surface area contributed by atoms with Crippen LogP contribution in [0.5, 0.6) is 17.4 Å². The number of aromatic nitrogens is 1. The number of carbonyl (C=O) groups excluding carboxylic acids is 1. The van der Waals surface area contributed by atoms with Crippen LogP contribution in [-0.4, -0.2) is 31.2 Å². The van der Waals surface area contributed by atoms with Gasteiger partial charge in [-0.1, -0.05) is 6.07 Å². The van der Waals surface area contributed by atoms with Gasteiger partial charge in [-0.25, -0.2) is 4.98 Å². The summed E-state index contributed by atoms with van der Waals surface area (Å²) < 4.78 is 16.0. The maximum Gasteiger partial charge on any atom is 0.253 e. The minimum atomic E-state index is -0.192. The smallest absolute Gasteiger partial charge is 0.253 e. The monoisotopic (exact) mass is 314 g/mol. The van der Waals surface area contributed by atoms with Crippen LogP contribution in [0, 0.1) is 0 Å². The van der Waals surface area contributed by atoms with E-state index in [0.717, 1.165) is 11.3 Å². The normalized spacial score (nSPS) is 14.0. The van der Waals surface area contributed by atoms with Crippen LogP contribution in [-0.2, 0) is 0 Å². The van der Waals surface area contributed by atoms with E-state index in [9.17, 15) is 4.79 Å². The maximum absolute atomic E-state index is 12.3. The molecule has 0 spiro atoms. The number of hydrogen-bond donors (Lipinski definition) is 1. The molecule has 0 unspecified atom stereocenters. The van der Waals surface area contributed by atoms with Crippen molar-refractivity contribution in [2.45, 2.75) is 13.0 Å². The van der Waals surface area contributed by atoms with Crippen LogP contribution in [0.2, 0.25) is 0 Å². The summed E-state index contributed by atoms with van der Waals surface area (Å²) in [6, 6.07) is 8.85. The molecular formula is C17H18N2O4. The third-order valence-electron chi connectivity index (χ3n) is 3.62. The first-order chi connectivity index (χ1) is 11.2. The second-order valence-electron chi connectivity index (χ2n) is 5.19. The average Bonchev–Trinajstić information content (AvgIpc) is 2.61. The number of pyridine rings is 1. The van der Waals surface area contributed by atoms with Crippen LogP contribution >= 0.6 is 0 Å². The molecule has 1 aliphatic heterocycles. The number of methoxy groups -OCH3 is 1. The summed E-state index contributed by atoms with van der Waals surface area (Å²) >= 11 is 0. The highest BCUT2D eigenvalue weighted by Crippen LogP contribution is 2.32. The summed E-state index contributed by atoms with van der Waals surface area (Å²) in [5.74, 6) is 1.72. The minimum absolute atomic E-state index is 0.166. The summed E-state index contributed by atoms with van der Waals surface area (Å²) in [6.07, 6.45) is 1.49. The van der Waals surface area contributed by atoms with Crippen molar-refractivity contribution >= 4 is 5.91 Å². The van der Waals surface area contributed by atoms with Crippen molar-refractivity contribution in [3.8, 4) is 17.4 Å². The van der Waals surface area contributed by atoms with E-state index in [4.69, 9.17) is 14.2 Å². The molecule has 120 valence electrons. The molecule has 0 fully saturated rings. The van der Waals surface area contributed by atoms with Gasteiger partial charge < -0.3 is 19.5 Å². The lowest BCUT2D eigenvalue weighted by Gasteiger charge is -2.21. The Labute approximate surface area is 134 Å². The van der Waals surface area contributed by atoms with Crippen molar-refractivity contribution in [1.29, 1.82) is 0 Å². The second-order valence-corrected chi connectivity index (χ2v) is 5.19. The van der Waals surface area contributed by atoms with E-state index in [2.05, 4.69) is 10.3 Å². The number of benzene rings is 1. The Morgan fingerprint density at radius 1 is 1.22 bits per heavy atom. The molecule has 23 heavy (non-hydrogen) atoms. The predicted molar refractivity (Wildman–Crippen MR) is 84.1 cm³/mol. The van der Waals surface area contributed by atoms with Gasteiger partial charge in [-0.05, 0) is 30.7 Å². The van der Waals surface area contributed by atoms with Gasteiger partial charge in [0.15, 0.2) is 11.5 Å². The Kier molecular flexibility index (Phi) is 4.32. The second kappa shape index (κ2) is 6.56. The molecule has 3 rings (SSSR count). The highest BCUT2D eigenvalue weighted by molar-refractivity contribution is 5.94. The fourth-order valence-corrected chi connectivity index (χ4v) is 2.33. The zero-order valence-electron chi connectivity index (χ0n) is 13.0. The fourth-order valence-electron chi connectivity index (χ4n) is 2.33. The molecular weight excluding hydrogens is 296 g/mol. The number of amides is 1. The number of nitrogens with zero attached hydrogens (tertiary/aromatic N) is 1. The van der Waals surface area contributed by atoms with E-state index in [1.54, 1.807) is 12.1 Å². The van der Waals surface area contributed by atoms with E-state index in [0.29, 0.717) is 30.4 Å². The van der Waals surface area contributed by atoms with Gasteiger partial charge in [0.05, 0.1) is 18.7 Å². The molecule has 0 saturated carbocycles. The van der Waals surface area contributed by atoms with Crippen molar-refractivity contribution in [2.24, 2.45) is 0 Å². The van der Waals surface area contributed by atoms with Gasteiger partial charge >= 0.3 is 0 Å². The van der Waals surface area contributed by atoms with Gasteiger partial charge in [-0.3, -0.25) is 4.79 Å². The molecule has 6 heteroatoms. The summed E-state index contributed by atoms with van der Waals surface area (Å²) in [5, 5.41) is 2.94. The number of carbonyl (C=O) groups is 1. The molecule has 1 amide bonds. The SMILES string of the molecule is COc1ccc(C(=O)N[C@H](C)c2ccc3c(c2)OCCO3)cn1. The van der Waals surface area contributed by atoms with E-state index < -0.39 is 0 Å². The molecule has 1 atom stereocenters. The van der Waals surface area contributed by atoms with Gasteiger partial charge in [0.2, 0.25) is 5.88 Å². The zero-order valence-corrected chi connectivity index (χ0v) is 13.0. The largest absolute Gasteiger partial charge is 0.486 e. The molecule has 1 aromatic heterocycles. The van der Waals surface area contributed by atoms with Gasteiger partial charge in [-0.15, -0.1) is 0 Å². The standard InChI is InChI=1S/C17H18N2O4/c1-11(12-3-5-14-15(9-12)23-8-7-22-14)19-17(20)13-4-6-16(21-2)18-10-13/h3-6,9-11H,7-8H2,1-2H3,(H,19,20)/t11-/m1/s1. The zero-order chi connectivity index (χ0) is 16.2. The summed E-state index contributed by atoms with van der Waals surface area (Å²) in [7, 11) is 1.53. The Morgan fingerprint density at radius 2 is 2.00 bits per heavy atom. The van der Waals surface area contributed by atoms with Gasteiger partial charge in [0.1, 0.15) is 13.2 Å². The van der Waals surface area contributed by atoms with Crippen molar-refractivity contribution in [1.82, 2.24) is 10.3 Å². The number of fused-ring (bicyclic) bond motifs is 1. The maximum atomic E-state index is 12.3. The molecule has 0 bridgehead atoms. The summed E-state index contributed by atoms with van der Waals surface area (Å²) in [6.45, 7) is 3.01. The number of ether oxygens (including phenoxy) is 3. The fraction of sp³-hybridized carbons (Fsp3) is 0.294. The lowest BCUT2D eigenvalue weighted by atomic mass is 10.1. The average molecular weight is 314 g/mol. The molecule has 0 saturated heterocycles. The Balaban J connectivity index is 1.70. The van der Waals surface area contributed by atoms with Crippen LogP contribution < -0.4 is 19.5 Å². The third kappa shape index (κ3) is 3.36. The molecule has 1 aromatic carbocycles. The highest BCUT2D eigenvalue weighted by Gasteiger charge is 2.16. The first kappa shape index (κ1) is 15.1. The lowest BCUT2D eigenvalue weighted by Crippen LogP contribution is -2.27. The van der Waals surface area contributed by atoms with Crippen LogP contribution in [0.15, 0.2) is 36.5 Å². The predicted octanol–water partition coefficient (Wildman–Crippen LogP) is 2.35. The summed E-state index contributed by atoms with van der Waals surface area (Å²) in [4.78, 5) is 16.3. The summed E-state index contributed by atoms with van der Waals surface area (Å²) in [5.41, 5.74) is 1.43. The van der Waals surface area contributed by atoms with Crippen LogP contribution in [0.25, 0.3) is 0 Å². The molecule has 2 aromatic rings. The number of rotatable bonds is 4. The first-order valence-electron chi connectivity index (χ1n) is 7.38. The van der Waals surface area contributed by atoms with Crippen molar-refractivity contribution in [3.05, 3.63) is 47.7 Å². The van der Waals surface area contributed by atoms with Crippen LogP contribution in [0.3, 0.4) is 0 Å². The highest BCUT2D eigenvalue weighted by atomic mass is 16.6. The lowest BCUT2D eigenvalue weighted by molar-refractivity contribution is 0.0939. The van der Waals surface area contributed by atoms with Gasteiger partial charge in [-0.2, -0.15) is 0 Å². The Hall–Kier alpha value is -2.76. The van der Waals surface area contributed by atoms with Gasteiger partial charge in [0.25, 0.3) is 5.91 Å². The quantitative estimate of drug-likeness (QED) is 0.938. The minimum Gasteiger partial charge on any atom is -0.486 e. The molecule has 2 heterocycles. The van der Waals surface area contributed by atoms with E-state index in [1.807, 2.05) is 25.1 Å². The van der Waals surface area contributed by atoms with E-state index in [-0.39, 0.29) is 11.9 Å². The Bertz CT molecular complexity index is 700. The number of nitrogens with one attached hydrogen (secondary N) is 1. The van der Waals surface area contributed by atoms with Crippen LogP contribution in [0.1, 0.15) is 28.9 Å². The third-order valence-corrected chi connectivity index (χ3v) is 3.62. The first-order valence-corrected chi connectivity index (χ1v) is 7.38. The van der Waals surface area contributed by atoms with Crippen molar-refractivity contribution in [2.75, 3.05) is 20.3 Å². The Morgan fingerprint density at radius 3 is 2.70 bits per heavy atom. The molecule has 6 nitrogen and oxygen atoms in total. The van der Waals surface area contributed by atoms with E-state index in [1.165, 1.54) is 13.3 Å². The number of hydrogen-bond acceptors (Lipinski definition) is 5. The van der Waals surface area contributed by atoms with E-state index >= 15 is 0 Å². The molecule has 0 radical (unpaired) electrons. The van der Waals surface area contributed by atoms with Gasteiger partial charge in [0, 0.05) is 12.3 Å².